The molecule has 18 heavy (non-hydrogen) atoms. The molecule has 0 heterocycles. The van der Waals surface area contributed by atoms with Crippen molar-refractivity contribution in [3.63, 3.8) is 0 Å². The lowest BCUT2D eigenvalue weighted by molar-refractivity contribution is -0.384. The number of aliphatic hydroxyl groups is 2. The van der Waals surface area contributed by atoms with Crippen LogP contribution >= 0.6 is 0 Å². The number of hydrogen-bond donors (Lipinski definition) is 2. The second-order valence-corrected chi connectivity index (χ2v) is 3.94. The minimum atomic E-state index is -0.922. The number of anilines is 1. The van der Waals surface area contributed by atoms with E-state index in [1.54, 1.807) is 19.2 Å². The molecule has 7 nitrogen and oxygen atoms in total. The zero-order valence-electron chi connectivity index (χ0n) is 10.5. The molecule has 1 aromatic rings. The summed E-state index contributed by atoms with van der Waals surface area (Å²) in [5.41, 5.74) is 0.460. The van der Waals surface area contributed by atoms with Crippen molar-refractivity contribution in [2.45, 2.75) is 26.3 Å². The molecule has 2 unspecified atom stereocenters. The van der Waals surface area contributed by atoms with E-state index in [-0.39, 0.29) is 5.69 Å². The zero-order chi connectivity index (χ0) is 13.9. The predicted molar refractivity (Wildman–Crippen MR) is 66.7 cm³/mol. The van der Waals surface area contributed by atoms with Gasteiger partial charge in [-0.15, -0.1) is 0 Å². The summed E-state index contributed by atoms with van der Waals surface area (Å²) in [7, 11) is 1.61. The fourth-order valence-corrected chi connectivity index (χ4v) is 1.75. The molecule has 0 aliphatic heterocycles. The minimum Gasteiger partial charge on any atom is -0.377 e. The van der Waals surface area contributed by atoms with Crippen LogP contribution in [-0.4, -0.2) is 39.6 Å². The monoisotopic (exact) mass is 255 g/mol. The Morgan fingerprint density at radius 3 is 2.28 bits per heavy atom. The first-order valence-electron chi connectivity index (χ1n) is 5.47. The summed E-state index contributed by atoms with van der Waals surface area (Å²) in [6.07, 6.45) is -1.84. The maximum Gasteiger partial charge on any atom is 0.271 e. The van der Waals surface area contributed by atoms with Gasteiger partial charge in [-0.3, -0.25) is 10.1 Å². The largest absolute Gasteiger partial charge is 0.377 e. The van der Waals surface area contributed by atoms with Crippen molar-refractivity contribution in [3.05, 3.63) is 34.4 Å². The van der Waals surface area contributed by atoms with Gasteiger partial charge in [-0.1, -0.05) is 6.07 Å². The van der Waals surface area contributed by atoms with Gasteiger partial charge in [-0.05, 0) is 19.9 Å². The summed E-state index contributed by atoms with van der Waals surface area (Å²) in [6.45, 7) is 3.00. The lowest BCUT2D eigenvalue weighted by Gasteiger charge is -2.37. The molecule has 0 saturated heterocycles. The van der Waals surface area contributed by atoms with Gasteiger partial charge in [0.25, 0.3) is 5.69 Å². The first-order chi connectivity index (χ1) is 8.34. The van der Waals surface area contributed by atoms with E-state index in [0.717, 1.165) is 0 Å². The van der Waals surface area contributed by atoms with Gasteiger partial charge >= 0.3 is 0 Å². The highest BCUT2D eigenvalue weighted by Crippen LogP contribution is 2.22. The van der Waals surface area contributed by atoms with E-state index in [1.807, 2.05) is 0 Å². The van der Waals surface area contributed by atoms with Crippen molar-refractivity contribution in [2.75, 3.05) is 12.1 Å². The standard InChI is InChI=1S/C11H17N3O4/c1-8(15)13(9(2)16)12(3)10-5-4-6-11(7-10)14(17)18/h4-9,15-16H,1-3H3. The summed E-state index contributed by atoms with van der Waals surface area (Å²) < 4.78 is 0. The van der Waals surface area contributed by atoms with Gasteiger partial charge in [-0.25, -0.2) is 0 Å². The summed E-state index contributed by atoms with van der Waals surface area (Å²) in [6, 6.07) is 5.96. The van der Waals surface area contributed by atoms with Crippen LogP contribution in [0.2, 0.25) is 0 Å². The molecule has 0 aromatic heterocycles. The Kier molecular flexibility index (Phi) is 4.60. The van der Waals surface area contributed by atoms with Gasteiger partial charge in [-0.2, -0.15) is 5.01 Å². The topological polar surface area (TPSA) is 90.1 Å². The predicted octanol–water partition coefficient (Wildman–Crippen LogP) is 0.925. The first-order valence-corrected chi connectivity index (χ1v) is 5.47. The van der Waals surface area contributed by atoms with Gasteiger partial charge in [0.2, 0.25) is 0 Å². The quantitative estimate of drug-likeness (QED) is 0.462. The molecule has 1 aromatic carbocycles. The number of rotatable bonds is 5. The third-order valence-corrected chi connectivity index (χ3v) is 2.53. The Morgan fingerprint density at radius 2 is 1.83 bits per heavy atom. The molecule has 2 N–H and O–H groups in total. The van der Waals surface area contributed by atoms with Crippen LogP contribution in [0.15, 0.2) is 24.3 Å². The van der Waals surface area contributed by atoms with Crippen molar-refractivity contribution in [1.29, 1.82) is 0 Å². The number of non-ortho nitro benzene ring substituents is 1. The fourth-order valence-electron chi connectivity index (χ4n) is 1.75. The summed E-state index contributed by atoms with van der Waals surface area (Å²) in [4.78, 5) is 10.2. The molecule has 1 rings (SSSR count). The smallest absolute Gasteiger partial charge is 0.271 e. The van der Waals surface area contributed by atoms with E-state index in [2.05, 4.69) is 0 Å². The van der Waals surface area contributed by atoms with E-state index in [9.17, 15) is 20.3 Å². The molecule has 0 bridgehead atoms. The Bertz CT molecular complexity index is 415. The maximum absolute atomic E-state index is 10.7. The third kappa shape index (κ3) is 3.16. The molecule has 0 amide bonds. The van der Waals surface area contributed by atoms with Crippen molar-refractivity contribution in [1.82, 2.24) is 5.01 Å². The lowest BCUT2D eigenvalue weighted by Crippen LogP contribution is -2.50. The van der Waals surface area contributed by atoms with Crippen molar-refractivity contribution in [2.24, 2.45) is 0 Å². The summed E-state index contributed by atoms with van der Waals surface area (Å²) in [5, 5.41) is 32.6. The minimum absolute atomic E-state index is 0.0458. The van der Waals surface area contributed by atoms with Crippen LogP contribution in [0.25, 0.3) is 0 Å². The van der Waals surface area contributed by atoms with Gasteiger partial charge in [0.05, 0.1) is 10.6 Å². The molecule has 0 spiro atoms. The van der Waals surface area contributed by atoms with Crippen molar-refractivity contribution < 1.29 is 15.1 Å². The maximum atomic E-state index is 10.7. The van der Waals surface area contributed by atoms with Crippen LogP contribution in [0, 0.1) is 10.1 Å². The Labute approximate surface area is 105 Å². The second-order valence-electron chi connectivity index (χ2n) is 3.94. The number of benzene rings is 1. The normalized spacial score (nSPS) is 14.3. The van der Waals surface area contributed by atoms with Crippen LogP contribution in [0.4, 0.5) is 11.4 Å². The Balaban J connectivity index is 3.05. The Morgan fingerprint density at radius 1 is 1.28 bits per heavy atom. The van der Waals surface area contributed by atoms with E-state index in [1.165, 1.54) is 36.0 Å². The second kappa shape index (κ2) is 5.76. The number of hydrogen-bond acceptors (Lipinski definition) is 6. The molecule has 7 heteroatoms. The van der Waals surface area contributed by atoms with Gasteiger partial charge in [0, 0.05) is 19.2 Å². The van der Waals surface area contributed by atoms with Crippen molar-refractivity contribution in [3.8, 4) is 0 Å². The molecule has 0 radical (unpaired) electrons. The number of aliphatic hydroxyl groups excluding tert-OH is 2. The first kappa shape index (κ1) is 14.4. The number of nitro groups is 1. The van der Waals surface area contributed by atoms with E-state index in [0.29, 0.717) is 5.69 Å². The van der Waals surface area contributed by atoms with Crippen LogP contribution in [0.5, 0.6) is 0 Å². The van der Waals surface area contributed by atoms with Gasteiger partial charge in [0.15, 0.2) is 0 Å². The van der Waals surface area contributed by atoms with Gasteiger partial charge in [0.1, 0.15) is 12.5 Å². The molecular weight excluding hydrogens is 238 g/mol. The molecule has 2 atom stereocenters. The van der Waals surface area contributed by atoms with Crippen LogP contribution < -0.4 is 5.01 Å². The lowest BCUT2D eigenvalue weighted by atomic mass is 10.3. The van der Waals surface area contributed by atoms with Crippen LogP contribution in [0.1, 0.15) is 13.8 Å². The van der Waals surface area contributed by atoms with Crippen LogP contribution in [0.3, 0.4) is 0 Å². The van der Waals surface area contributed by atoms with E-state index in [4.69, 9.17) is 0 Å². The van der Waals surface area contributed by atoms with Crippen LogP contribution in [-0.2, 0) is 0 Å². The molecule has 0 saturated carbocycles. The summed E-state index contributed by atoms with van der Waals surface area (Å²) in [5.74, 6) is 0. The average molecular weight is 255 g/mol. The highest BCUT2D eigenvalue weighted by molar-refractivity contribution is 5.51. The average Bonchev–Trinajstić information content (AvgIpc) is 2.28. The van der Waals surface area contributed by atoms with E-state index >= 15 is 0 Å². The fraction of sp³-hybridized carbons (Fsp3) is 0.455. The molecule has 0 fully saturated rings. The highest BCUT2D eigenvalue weighted by Gasteiger charge is 2.22. The van der Waals surface area contributed by atoms with Gasteiger partial charge < -0.3 is 15.2 Å². The molecule has 0 aliphatic carbocycles. The molecular formula is C11H17N3O4. The Hall–Kier alpha value is -1.70. The summed E-state index contributed by atoms with van der Waals surface area (Å²) >= 11 is 0. The van der Waals surface area contributed by atoms with Crippen molar-refractivity contribution >= 4 is 11.4 Å². The molecule has 100 valence electrons. The number of nitro benzene ring substituents is 1. The van der Waals surface area contributed by atoms with E-state index < -0.39 is 17.4 Å². The highest BCUT2D eigenvalue weighted by atomic mass is 16.6. The number of hydrazine groups is 1. The number of nitrogens with zero attached hydrogens (tertiary/aromatic N) is 3. The SMILES string of the molecule is CC(O)N(C(C)O)N(C)c1cccc([N+](=O)[O-])c1. The zero-order valence-corrected chi connectivity index (χ0v) is 10.5. The third-order valence-electron chi connectivity index (χ3n) is 2.53. The molecule has 0 aliphatic rings.